The Morgan fingerprint density at radius 3 is 2.75 bits per heavy atom. The van der Waals surface area contributed by atoms with Gasteiger partial charge in [0.25, 0.3) is 5.91 Å². The summed E-state index contributed by atoms with van der Waals surface area (Å²) in [6.45, 7) is -0.194. The van der Waals surface area contributed by atoms with Gasteiger partial charge >= 0.3 is 0 Å². The molecule has 0 fully saturated rings. The summed E-state index contributed by atoms with van der Waals surface area (Å²) in [5.41, 5.74) is 7.16. The van der Waals surface area contributed by atoms with Crippen LogP contribution in [-0.2, 0) is 9.63 Å². The third kappa shape index (κ3) is 4.36. The van der Waals surface area contributed by atoms with E-state index in [4.69, 9.17) is 10.6 Å². The number of nitrogens with zero attached hydrogens (tertiary/aromatic N) is 1. The number of nitrogens with one attached hydrogen (secondary N) is 1. The molecule has 0 aliphatic carbocycles. The smallest absolute Gasteiger partial charge is 0.265 e. The van der Waals surface area contributed by atoms with Crippen LogP contribution in [0.4, 0.5) is 5.69 Å². The van der Waals surface area contributed by atoms with E-state index in [1.807, 2.05) is 29.0 Å². The molecule has 0 spiro atoms. The van der Waals surface area contributed by atoms with Gasteiger partial charge in [-0.15, -0.1) is 0 Å². The molecular weight excluding hydrogens is 342 g/mol. The summed E-state index contributed by atoms with van der Waals surface area (Å²) in [5.74, 6) is -0.0446. The second-order valence-corrected chi connectivity index (χ2v) is 5.51. The van der Waals surface area contributed by atoms with Crippen molar-refractivity contribution in [2.24, 2.45) is 10.9 Å². The van der Waals surface area contributed by atoms with Crippen molar-refractivity contribution in [3.63, 3.8) is 0 Å². The first-order chi connectivity index (χ1) is 9.65. The molecule has 104 valence electrons. The Labute approximate surface area is 128 Å². The number of nitrogens with two attached hydrogens (primary N) is 1. The summed E-state index contributed by atoms with van der Waals surface area (Å²) >= 11 is 4.83. The van der Waals surface area contributed by atoms with Crippen molar-refractivity contribution >= 4 is 44.7 Å². The van der Waals surface area contributed by atoms with E-state index >= 15 is 0 Å². The molecule has 1 heterocycles. The summed E-state index contributed by atoms with van der Waals surface area (Å²) in [5, 5.41) is 10.1. The zero-order valence-electron chi connectivity index (χ0n) is 10.4. The first-order valence-corrected chi connectivity index (χ1v) is 7.42. The van der Waals surface area contributed by atoms with Gasteiger partial charge in [-0.3, -0.25) is 4.79 Å². The van der Waals surface area contributed by atoms with Gasteiger partial charge in [0.15, 0.2) is 12.4 Å². The monoisotopic (exact) mass is 353 g/mol. The van der Waals surface area contributed by atoms with Crippen LogP contribution < -0.4 is 11.1 Å². The normalized spacial score (nSPS) is 11.2. The summed E-state index contributed by atoms with van der Waals surface area (Å²) in [7, 11) is 0. The predicted molar refractivity (Wildman–Crippen MR) is 83.8 cm³/mol. The van der Waals surface area contributed by atoms with E-state index in [0.29, 0.717) is 5.69 Å². The Balaban J connectivity index is 1.81. The topological polar surface area (TPSA) is 76.7 Å². The zero-order chi connectivity index (χ0) is 14.4. The van der Waals surface area contributed by atoms with E-state index in [1.54, 1.807) is 12.1 Å². The Kier molecular flexibility index (Phi) is 5.14. The summed E-state index contributed by atoms with van der Waals surface area (Å²) in [6, 6.07) is 9.07. The lowest BCUT2D eigenvalue weighted by atomic mass is 10.3. The standard InChI is InChI=1S/C13H12BrN3O2S/c14-10-1-3-11(4-2-10)16-12(18)7-19-17-13(15)9-5-6-20-8-9/h1-6,8H,7H2,(H2,15,17)(H,16,18). The van der Waals surface area contributed by atoms with Crippen LogP contribution in [0.5, 0.6) is 0 Å². The molecular formula is C13H12BrN3O2S. The van der Waals surface area contributed by atoms with E-state index in [9.17, 15) is 4.79 Å². The van der Waals surface area contributed by atoms with Crippen molar-refractivity contribution in [2.45, 2.75) is 0 Å². The Hall–Kier alpha value is -1.86. The molecule has 0 saturated carbocycles. The second kappa shape index (κ2) is 7.06. The summed E-state index contributed by atoms with van der Waals surface area (Å²) in [6.07, 6.45) is 0. The van der Waals surface area contributed by atoms with Gasteiger partial charge in [-0.05, 0) is 35.7 Å². The average molecular weight is 354 g/mol. The number of hydrogen-bond donors (Lipinski definition) is 2. The lowest BCUT2D eigenvalue weighted by Crippen LogP contribution is -2.19. The fraction of sp³-hybridized carbons (Fsp3) is 0.0769. The van der Waals surface area contributed by atoms with Crippen molar-refractivity contribution < 1.29 is 9.63 Å². The molecule has 0 bridgehead atoms. The molecule has 0 radical (unpaired) electrons. The molecule has 0 saturated heterocycles. The highest BCUT2D eigenvalue weighted by atomic mass is 79.9. The van der Waals surface area contributed by atoms with Crippen LogP contribution >= 0.6 is 27.3 Å². The van der Waals surface area contributed by atoms with Crippen LogP contribution in [0.3, 0.4) is 0 Å². The van der Waals surface area contributed by atoms with Gasteiger partial charge in [-0.1, -0.05) is 21.1 Å². The molecule has 0 atom stereocenters. The minimum atomic E-state index is -0.297. The van der Waals surface area contributed by atoms with E-state index < -0.39 is 0 Å². The molecule has 7 heteroatoms. The number of oxime groups is 1. The lowest BCUT2D eigenvalue weighted by Gasteiger charge is -2.04. The molecule has 2 aromatic rings. The van der Waals surface area contributed by atoms with Gasteiger partial charge in [0, 0.05) is 21.1 Å². The van der Waals surface area contributed by atoms with E-state index in [-0.39, 0.29) is 18.3 Å². The maximum Gasteiger partial charge on any atom is 0.265 e. The van der Waals surface area contributed by atoms with Crippen molar-refractivity contribution in [2.75, 3.05) is 11.9 Å². The van der Waals surface area contributed by atoms with Crippen molar-refractivity contribution in [1.82, 2.24) is 0 Å². The number of hydrogen-bond acceptors (Lipinski definition) is 4. The van der Waals surface area contributed by atoms with Crippen LogP contribution in [0, 0.1) is 0 Å². The number of amidine groups is 1. The van der Waals surface area contributed by atoms with Crippen LogP contribution in [0.15, 0.2) is 50.7 Å². The van der Waals surface area contributed by atoms with Gasteiger partial charge in [0.1, 0.15) is 0 Å². The van der Waals surface area contributed by atoms with Gasteiger partial charge in [0.2, 0.25) is 0 Å². The highest BCUT2D eigenvalue weighted by Crippen LogP contribution is 2.13. The minimum Gasteiger partial charge on any atom is -0.384 e. The van der Waals surface area contributed by atoms with Crippen LogP contribution in [0.1, 0.15) is 5.56 Å². The highest BCUT2D eigenvalue weighted by Gasteiger charge is 2.04. The highest BCUT2D eigenvalue weighted by molar-refractivity contribution is 9.10. The van der Waals surface area contributed by atoms with Crippen LogP contribution in [-0.4, -0.2) is 18.3 Å². The maximum atomic E-state index is 11.6. The molecule has 0 unspecified atom stereocenters. The molecule has 1 amide bonds. The zero-order valence-corrected chi connectivity index (χ0v) is 12.8. The van der Waals surface area contributed by atoms with Gasteiger partial charge in [-0.2, -0.15) is 11.3 Å². The van der Waals surface area contributed by atoms with E-state index in [1.165, 1.54) is 11.3 Å². The molecule has 0 aliphatic heterocycles. The number of halogens is 1. The van der Waals surface area contributed by atoms with E-state index in [2.05, 4.69) is 26.4 Å². The summed E-state index contributed by atoms with van der Waals surface area (Å²) < 4.78 is 0.944. The van der Waals surface area contributed by atoms with E-state index in [0.717, 1.165) is 10.0 Å². The fourth-order valence-corrected chi connectivity index (χ4v) is 2.27. The van der Waals surface area contributed by atoms with Gasteiger partial charge in [0.05, 0.1) is 0 Å². The van der Waals surface area contributed by atoms with Gasteiger partial charge in [-0.25, -0.2) is 0 Å². The molecule has 1 aromatic carbocycles. The summed E-state index contributed by atoms with van der Waals surface area (Å²) in [4.78, 5) is 16.5. The first-order valence-electron chi connectivity index (χ1n) is 5.68. The molecule has 1 aromatic heterocycles. The average Bonchev–Trinajstić information content (AvgIpc) is 2.95. The largest absolute Gasteiger partial charge is 0.384 e. The Morgan fingerprint density at radius 1 is 1.35 bits per heavy atom. The third-order valence-electron chi connectivity index (χ3n) is 2.30. The first kappa shape index (κ1) is 14.5. The Bertz CT molecular complexity index is 597. The second-order valence-electron chi connectivity index (χ2n) is 3.82. The molecule has 20 heavy (non-hydrogen) atoms. The molecule has 5 nitrogen and oxygen atoms in total. The molecule has 2 rings (SSSR count). The minimum absolute atomic E-state index is 0.194. The predicted octanol–water partition coefficient (Wildman–Crippen LogP) is 2.79. The number of benzene rings is 1. The quantitative estimate of drug-likeness (QED) is 0.492. The molecule has 3 N–H and O–H groups in total. The maximum absolute atomic E-state index is 11.6. The number of rotatable bonds is 5. The van der Waals surface area contributed by atoms with Crippen molar-refractivity contribution in [3.05, 3.63) is 51.1 Å². The van der Waals surface area contributed by atoms with Gasteiger partial charge < -0.3 is 15.9 Å². The number of carbonyl (C=O) groups excluding carboxylic acids is 1. The molecule has 0 aliphatic rings. The number of amides is 1. The SMILES string of the molecule is N/C(=N\OCC(=O)Nc1ccc(Br)cc1)c1ccsc1. The number of carbonyl (C=O) groups is 1. The van der Waals surface area contributed by atoms with Crippen molar-refractivity contribution in [3.8, 4) is 0 Å². The third-order valence-corrected chi connectivity index (χ3v) is 3.52. The number of anilines is 1. The fourth-order valence-electron chi connectivity index (χ4n) is 1.35. The van der Waals surface area contributed by atoms with Crippen molar-refractivity contribution in [1.29, 1.82) is 0 Å². The lowest BCUT2D eigenvalue weighted by molar-refractivity contribution is -0.120. The van der Waals surface area contributed by atoms with Crippen LogP contribution in [0.25, 0.3) is 0 Å². The Morgan fingerprint density at radius 2 is 2.10 bits per heavy atom. The number of thiophene rings is 1. The van der Waals surface area contributed by atoms with Crippen LogP contribution in [0.2, 0.25) is 0 Å².